The predicted octanol–water partition coefficient (Wildman–Crippen LogP) is 3.74. The molecule has 0 saturated heterocycles. The van der Waals surface area contributed by atoms with Gasteiger partial charge in [-0.2, -0.15) is 8.78 Å². The Morgan fingerprint density at radius 1 is 1.30 bits per heavy atom. The van der Waals surface area contributed by atoms with Crippen molar-refractivity contribution in [2.24, 2.45) is 0 Å². The number of hydrogen-bond donors (Lipinski definition) is 1. The summed E-state index contributed by atoms with van der Waals surface area (Å²) in [5, 5.41) is 6.98. The summed E-state index contributed by atoms with van der Waals surface area (Å²) in [6, 6.07) is 5.34. The van der Waals surface area contributed by atoms with E-state index in [2.05, 4.69) is 10.5 Å². The summed E-state index contributed by atoms with van der Waals surface area (Å²) >= 11 is 0.551. The first-order valence-electron chi connectivity index (χ1n) is 5.74. The highest BCUT2D eigenvalue weighted by Crippen LogP contribution is 2.21. The van der Waals surface area contributed by atoms with Crippen LogP contribution in [0.25, 0.3) is 0 Å². The van der Waals surface area contributed by atoms with Crippen LogP contribution in [0, 0.1) is 6.92 Å². The van der Waals surface area contributed by atoms with E-state index in [9.17, 15) is 8.78 Å². The van der Waals surface area contributed by atoms with Gasteiger partial charge in [-0.1, -0.05) is 16.9 Å². The minimum Gasteiger partial charge on any atom is -0.464 e. The smallest absolute Gasteiger partial charge is 0.284 e. The van der Waals surface area contributed by atoms with Crippen molar-refractivity contribution < 1.29 is 17.7 Å². The van der Waals surface area contributed by atoms with E-state index in [1.54, 1.807) is 12.1 Å². The summed E-state index contributed by atoms with van der Waals surface area (Å²) in [6.07, 6.45) is 0. The summed E-state index contributed by atoms with van der Waals surface area (Å²) in [5.41, 5.74) is 0.817. The van der Waals surface area contributed by atoms with Gasteiger partial charge in [0.1, 0.15) is 17.3 Å². The highest BCUT2D eigenvalue weighted by Gasteiger charge is 2.07. The van der Waals surface area contributed by atoms with Gasteiger partial charge in [-0.15, -0.1) is 12.4 Å². The number of hydrogen-bond acceptors (Lipinski definition) is 5. The Kier molecular flexibility index (Phi) is 7.04. The van der Waals surface area contributed by atoms with Crippen LogP contribution in [0.15, 0.2) is 27.1 Å². The lowest BCUT2D eigenvalue weighted by Gasteiger charge is -1.99. The number of alkyl halides is 2. The lowest BCUT2D eigenvalue weighted by molar-refractivity contribution is 0.251. The average Bonchev–Trinajstić information content (AvgIpc) is 2.96. The summed E-state index contributed by atoms with van der Waals surface area (Å²) in [5.74, 6) is -0.159. The topological polar surface area (TPSA) is 51.2 Å². The number of aryl methyl sites for hydroxylation is 1. The van der Waals surface area contributed by atoms with Gasteiger partial charge in [0.2, 0.25) is 0 Å². The van der Waals surface area contributed by atoms with Crippen LogP contribution in [0.1, 0.15) is 23.0 Å². The molecule has 2 aromatic rings. The van der Waals surface area contributed by atoms with Crippen LogP contribution in [0.3, 0.4) is 0 Å². The quantitative estimate of drug-likeness (QED) is 0.840. The van der Waals surface area contributed by atoms with E-state index in [4.69, 9.17) is 8.94 Å². The summed E-state index contributed by atoms with van der Waals surface area (Å²) in [7, 11) is 0. The molecule has 0 aromatic carbocycles. The second kappa shape index (κ2) is 8.28. The molecule has 8 heteroatoms. The van der Waals surface area contributed by atoms with E-state index in [-0.39, 0.29) is 18.2 Å². The van der Waals surface area contributed by atoms with Crippen molar-refractivity contribution in [1.82, 2.24) is 10.5 Å². The molecular weight excluding hydrogens is 310 g/mol. The highest BCUT2D eigenvalue weighted by atomic mass is 35.5. The maximum Gasteiger partial charge on any atom is 0.284 e. The van der Waals surface area contributed by atoms with Gasteiger partial charge in [0.25, 0.3) is 5.76 Å². The summed E-state index contributed by atoms with van der Waals surface area (Å²) in [6.45, 7) is 2.92. The van der Waals surface area contributed by atoms with E-state index in [0.717, 1.165) is 11.5 Å². The lowest BCUT2D eigenvalue weighted by Crippen LogP contribution is -2.12. The SMILES string of the molecule is Cc1cc(CNCc2ccc(CSC(F)F)o2)no1.Cl. The molecule has 2 rings (SSSR count). The zero-order valence-electron chi connectivity index (χ0n) is 10.8. The molecule has 0 saturated carbocycles. The minimum absolute atomic E-state index is 0. The Balaban J connectivity index is 0.00000200. The number of aromatic nitrogens is 1. The van der Waals surface area contributed by atoms with Gasteiger partial charge in [-0.05, 0) is 19.1 Å². The molecule has 0 radical (unpaired) electrons. The Labute approximate surface area is 125 Å². The third-order valence-electron chi connectivity index (χ3n) is 2.35. The molecule has 2 heterocycles. The van der Waals surface area contributed by atoms with Gasteiger partial charge < -0.3 is 14.3 Å². The fraction of sp³-hybridized carbons (Fsp3) is 0.417. The van der Waals surface area contributed by atoms with Crippen LogP contribution in [0.5, 0.6) is 0 Å². The molecule has 20 heavy (non-hydrogen) atoms. The van der Waals surface area contributed by atoms with Crippen LogP contribution in [0.2, 0.25) is 0 Å². The Bertz CT molecular complexity index is 519. The third kappa shape index (κ3) is 5.52. The van der Waals surface area contributed by atoms with Crippen molar-refractivity contribution >= 4 is 24.2 Å². The van der Waals surface area contributed by atoms with Crippen LogP contribution in [-0.4, -0.2) is 10.9 Å². The Morgan fingerprint density at radius 3 is 2.70 bits per heavy atom. The molecule has 1 N–H and O–H groups in total. The van der Waals surface area contributed by atoms with Crippen LogP contribution in [-0.2, 0) is 18.8 Å². The van der Waals surface area contributed by atoms with Gasteiger partial charge in [0, 0.05) is 12.6 Å². The molecule has 0 aliphatic carbocycles. The maximum absolute atomic E-state index is 12.0. The molecule has 0 aliphatic rings. The van der Waals surface area contributed by atoms with Crippen molar-refractivity contribution in [3.8, 4) is 0 Å². The fourth-order valence-corrected chi connectivity index (χ4v) is 2.00. The number of nitrogens with one attached hydrogen (secondary N) is 1. The number of halogens is 3. The number of thioether (sulfide) groups is 1. The molecule has 0 aliphatic heterocycles. The monoisotopic (exact) mass is 324 g/mol. The first kappa shape index (κ1) is 17.0. The number of rotatable bonds is 7. The number of nitrogens with zero attached hydrogens (tertiary/aromatic N) is 1. The van der Waals surface area contributed by atoms with Crippen molar-refractivity contribution in [3.05, 3.63) is 41.2 Å². The van der Waals surface area contributed by atoms with Gasteiger partial charge >= 0.3 is 0 Å². The Morgan fingerprint density at radius 2 is 2.05 bits per heavy atom. The maximum atomic E-state index is 12.0. The van der Waals surface area contributed by atoms with Crippen LogP contribution in [0.4, 0.5) is 8.78 Å². The second-order valence-corrected chi connectivity index (χ2v) is 4.95. The molecule has 4 nitrogen and oxygen atoms in total. The van der Waals surface area contributed by atoms with Crippen LogP contribution >= 0.6 is 24.2 Å². The molecule has 0 atom stereocenters. The van der Waals surface area contributed by atoms with Gasteiger partial charge in [-0.3, -0.25) is 0 Å². The average molecular weight is 325 g/mol. The summed E-state index contributed by atoms with van der Waals surface area (Å²) in [4.78, 5) is 0. The van der Waals surface area contributed by atoms with Crippen LogP contribution < -0.4 is 5.32 Å². The zero-order chi connectivity index (χ0) is 13.7. The van der Waals surface area contributed by atoms with Crippen molar-refractivity contribution in [3.63, 3.8) is 0 Å². The standard InChI is InChI=1S/C12H14F2N2O2S.ClH/c1-8-4-9(16-18-8)5-15-6-10-2-3-11(17-10)7-19-12(13)14;/h2-4,12,15H,5-7H2,1H3;1H. The molecule has 0 unspecified atom stereocenters. The van der Waals surface area contributed by atoms with Crippen molar-refractivity contribution in [1.29, 1.82) is 0 Å². The minimum atomic E-state index is -2.37. The fourth-order valence-electron chi connectivity index (χ4n) is 1.56. The van der Waals surface area contributed by atoms with Crippen molar-refractivity contribution in [2.45, 2.75) is 31.5 Å². The largest absolute Gasteiger partial charge is 0.464 e. The summed E-state index contributed by atoms with van der Waals surface area (Å²) < 4.78 is 34.4. The molecule has 112 valence electrons. The van der Waals surface area contributed by atoms with E-state index in [1.165, 1.54) is 0 Å². The van der Waals surface area contributed by atoms with E-state index >= 15 is 0 Å². The molecule has 2 aromatic heterocycles. The Hall–Kier alpha value is -1.05. The molecule has 0 spiro atoms. The van der Waals surface area contributed by atoms with Gasteiger partial charge in [0.15, 0.2) is 0 Å². The zero-order valence-corrected chi connectivity index (χ0v) is 12.4. The van der Waals surface area contributed by atoms with E-state index < -0.39 is 5.76 Å². The third-order valence-corrected chi connectivity index (χ3v) is 3.05. The first-order valence-corrected chi connectivity index (χ1v) is 6.78. The number of furan rings is 1. The van der Waals surface area contributed by atoms with E-state index in [0.29, 0.717) is 36.4 Å². The van der Waals surface area contributed by atoms with E-state index in [1.807, 2.05) is 13.0 Å². The molecule has 0 amide bonds. The van der Waals surface area contributed by atoms with Crippen molar-refractivity contribution in [2.75, 3.05) is 0 Å². The normalized spacial score (nSPS) is 10.8. The van der Waals surface area contributed by atoms with Gasteiger partial charge in [-0.25, -0.2) is 0 Å². The highest BCUT2D eigenvalue weighted by molar-refractivity contribution is 7.98. The molecule has 0 bridgehead atoms. The predicted molar refractivity (Wildman–Crippen MR) is 75.0 cm³/mol. The molecular formula is C12H15ClF2N2O2S. The second-order valence-electron chi connectivity index (χ2n) is 3.97. The molecule has 0 fully saturated rings. The first-order chi connectivity index (χ1) is 9.13. The lowest BCUT2D eigenvalue weighted by atomic mass is 10.3. The van der Waals surface area contributed by atoms with Gasteiger partial charge in [0.05, 0.1) is 18.0 Å².